The van der Waals surface area contributed by atoms with E-state index in [-0.39, 0.29) is 0 Å². The van der Waals surface area contributed by atoms with Crippen molar-refractivity contribution >= 4 is 0 Å². The van der Waals surface area contributed by atoms with E-state index in [0.717, 1.165) is 18.2 Å². The first-order valence-corrected chi connectivity index (χ1v) is 8.58. The van der Waals surface area contributed by atoms with Gasteiger partial charge in [-0.1, -0.05) is 37.0 Å². The summed E-state index contributed by atoms with van der Waals surface area (Å²) in [7, 11) is 1.80. The first-order valence-electron chi connectivity index (χ1n) is 8.58. The van der Waals surface area contributed by atoms with Gasteiger partial charge in [0.25, 0.3) is 0 Å². The Morgan fingerprint density at radius 2 is 1.95 bits per heavy atom. The molecule has 1 N–H and O–H groups in total. The second kappa shape index (κ2) is 6.39. The van der Waals surface area contributed by atoms with Gasteiger partial charge in [0, 0.05) is 12.6 Å². The Balaban J connectivity index is 1.77. The van der Waals surface area contributed by atoms with Gasteiger partial charge in [-0.25, -0.2) is 0 Å². The highest BCUT2D eigenvalue weighted by Gasteiger charge is 2.34. The minimum absolute atomic E-state index is 0.446. The lowest BCUT2D eigenvalue weighted by atomic mass is 9.70. The Morgan fingerprint density at radius 1 is 1.19 bits per heavy atom. The van der Waals surface area contributed by atoms with Crippen molar-refractivity contribution in [2.24, 2.45) is 5.41 Å². The lowest BCUT2D eigenvalue weighted by Gasteiger charge is -2.38. The van der Waals surface area contributed by atoms with Crippen LogP contribution in [0.25, 0.3) is 0 Å². The minimum atomic E-state index is 0.446. The van der Waals surface area contributed by atoms with Crippen molar-refractivity contribution in [1.29, 1.82) is 0 Å². The highest BCUT2D eigenvalue weighted by Crippen LogP contribution is 2.41. The van der Waals surface area contributed by atoms with E-state index in [9.17, 15) is 0 Å². The number of ether oxygens (including phenoxy) is 1. The molecule has 116 valence electrons. The molecule has 21 heavy (non-hydrogen) atoms. The van der Waals surface area contributed by atoms with Crippen LogP contribution in [0.2, 0.25) is 0 Å². The maximum absolute atomic E-state index is 5.60. The van der Waals surface area contributed by atoms with Crippen molar-refractivity contribution in [2.75, 3.05) is 13.7 Å². The van der Waals surface area contributed by atoms with Gasteiger partial charge in [-0.05, 0) is 56.1 Å². The standard InChI is InChI=1S/C19H29NO/c1-15-6-9-18(21-2)16(12-15)13-19(10-4-3-5-11-19)14-20-17-7-8-17/h6,9,12,17,20H,3-5,7-8,10-11,13-14H2,1-2H3. The summed E-state index contributed by atoms with van der Waals surface area (Å²) in [4.78, 5) is 0. The van der Waals surface area contributed by atoms with Gasteiger partial charge in [0.15, 0.2) is 0 Å². The fourth-order valence-electron chi connectivity index (χ4n) is 3.82. The number of rotatable bonds is 6. The predicted molar refractivity (Wildman–Crippen MR) is 88.0 cm³/mol. The predicted octanol–water partition coefficient (Wildman–Crippen LogP) is 4.25. The smallest absolute Gasteiger partial charge is 0.122 e. The molecule has 0 bridgehead atoms. The van der Waals surface area contributed by atoms with Crippen LogP contribution in [0.1, 0.15) is 56.1 Å². The van der Waals surface area contributed by atoms with Gasteiger partial charge < -0.3 is 10.1 Å². The SMILES string of the molecule is COc1ccc(C)cc1CC1(CNC2CC2)CCCCC1. The molecular formula is C19H29NO. The molecule has 2 aliphatic carbocycles. The van der Waals surface area contributed by atoms with Crippen LogP contribution in [0.4, 0.5) is 0 Å². The van der Waals surface area contributed by atoms with E-state index in [0.29, 0.717) is 5.41 Å². The largest absolute Gasteiger partial charge is 0.496 e. The molecule has 3 rings (SSSR count). The average molecular weight is 287 g/mol. The molecule has 2 aliphatic rings. The van der Waals surface area contributed by atoms with Crippen LogP contribution < -0.4 is 10.1 Å². The molecule has 0 saturated heterocycles. The summed E-state index contributed by atoms with van der Waals surface area (Å²) in [5.74, 6) is 1.07. The molecule has 0 atom stereocenters. The Hall–Kier alpha value is -1.02. The van der Waals surface area contributed by atoms with Crippen LogP contribution >= 0.6 is 0 Å². The molecule has 0 unspecified atom stereocenters. The maximum Gasteiger partial charge on any atom is 0.122 e. The molecule has 2 heteroatoms. The van der Waals surface area contributed by atoms with Crippen LogP contribution in [0.3, 0.4) is 0 Å². The molecule has 0 spiro atoms. The molecule has 0 aromatic heterocycles. The Kier molecular flexibility index (Phi) is 4.54. The lowest BCUT2D eigenvalue weighted by Crippen LogP contribution is -2.39. The molecular weight excluding hydrogens is 258 g/mol. The lowest BCUT2D eigenvalue weighted by molar-refractivity contribution is 0.178. The molecule has 1 aromatic rings. The van der Waals surface area contributed by atoms with E-state index in [1.54, 1.807) is 7.11 Å². The van der Waals surface area contributed by atoms with Gasteiger partial charge >= 0.3 is 0 Å². The number of nitrogens with one attached hydrogen (secondary N) is 1. The van der Waals surface area contributed by atoms with Crippen LogP contribution in [0.15, 0.2) is 18.2 Å². The molecule has 0 heterocycles. The zero-order chi connectivity index (χ0) is 14.7. The second-order valence-electron chi connectivity index (χ2n) is 7.21. The van der Waals surface area contributed by atoms with Crippen LogP contribution in [0, 0.1) is 12.3 Å². The van der Waals surface area contributed by atoms with Crippen LogP contribution in [-0.2, 0) is 6.42 Å². The third-order valence-electron chi connectivity index (χ3n) is 5.26. The molecule has 0 radical (unpaired) electrons. The van der Waals surface area contributed by atoms with Crippen LogP contribution in [-0.4, -0.2) is 19.7 Å². The first kappa shape index (κ1) is 14.9. The maximum atomic E-state index is 5.60. The highest BCUT2D eigenvalue weighted by molar-refractivity contribution is 5.37. The van der Waals surface area contributed by atoms with Crippen molar-refractivity contribution in [1.82, 2.24) is 5.32 Å². The number of methoxy groups -OCH3 is 1. The topological polar surface area (TPSA) is 21.3 Å². The molecule has 2 fully saturated rings. The number of hydrogen-bond acceptors (Lipinski definition) is 2. The third-order valence-corrected chi connectivity index (χ3v) is 5.26. The highest BCUT2D eigenvalue weighted by atomic mass is 16.5. The normalized spacial score (nSPS) is 21.2. The summed E-state index contributed by atoms with van der Waals surface area (Å²) in [5.41, 5.74) is 3.19. The van der Waals surface area contributed by atoms with E-state index in [1.807, 2.05) is 0 Å². The van der Waals surface area contributed by atoms with Gasteiger partial charge in [-0.15, -0.1) is 0 Å². The van der Waals surface area contributed by atoms with Gasteiger partial charge in [0.05, 0.1) is 7.11 Å². The first-order chi connectivity index (χ1) is 10.2. The zero-order valence-electron chi connectivity index (χ0n) is 13.6. The van der Waals surface area contributed by atoms with Crippen molar-refractivity contribution in [2.45, 2.75) is 64.3 Å². The molecule has 1 aromatic carbocycles. The summed E-state index contributed by atoms with van der Waals surface area (Å²) in [6.45, 7) is 3.37. The van der Waals surface area contributed by atoms with E-state index < -0.39 is 0 Å². The van der Waals surface area contributed by atoms with E-state index in [2.05, 4.69) is 30.4 Å². The number of benzene rings is 1. The van der Waals surface area contributed by atoms with E-state index in [1.165, 1.54) is 62.6 Å². The molecule has 0 aliphatic heterocycles. The van der Waals surface area contributed by atoms with Gasteiger partial charge in [0.1, 0.15) is 5.75 Å². The summed E-state index contributed by atoms with van der Waals surface area (Å²) >= 11 is 0. The van der Waals surface area contributed by atoms with Crippen molar-refractivity contribution in [3.63, 3.8) is 0 Å². The summed E-state index contributed by atoms with van der Waals surface area (Å²) in [6, 6.07) is 7.42. The average Bonchev–Trinajstić information content (AvgIpc) is 3.31. The number of aryl methyl sites for hydroxylation is 1. The summed E-state index contributed by atoms with van der Waals surface area (Å²) < 4.78 is 5.60. The van der Waals surface area contributed by atoms with E-state index >= 15 is 0 Å². The quantitative estimate of drug-likeness (QED) is 0.844. The molecule has 0 amide bonds. The molecule has 2 saturated carbocycles. The molecule has 2 nitrogen and oxygen atoms in total. The second-order valence-corrected chi connectivity index (χ2v) is 7.21. The third kappa shape index (κ3) is 3.79. The zero-order valence-corrected chi connectivity index (χ0v) is 13.6. The fourth-order valence-corrected chi connectivity index (χ4v) is 3.82. The van der Waals surface area contributed by atoms with E-state index in [4.69, 9.17) is 4.74 Å². The van der Waals surface area contributed by atoms with Gasteiger partial charge in [-0.3, -0.25) is 0 Å². The van der Waals surface area contributed by atoms with Gasteiger partial charge in [0.2, 0.25) is 0 Å². The Labute approximate surface area is 129 Å². The van der Waals surface area contributed by atoms with Crippen molar-refractivity contribution in [3.05, 3.63) is 29.3 Å². The van der Waals surface area contributed by atoms with Crippen molar-refractivity contribution < 1.29 is 4.74 Å². The minimum Gasteiger partial charge on any atom is -0.496 e. The summed E-state index contributed by atoms with van der Waals surface area (Å²) in [5, 5.41) is 3.80. The fraction of sp³-hybridized carbons (Fsp3) is 0.684. The van der Waals surface area contributed by atoms with Crippen molar-refractivity contribution in [3.8, 4) is 5.75 Å². The Bertz CT molecular complexity index is 472. The Morgan fingerprint density at radius 3 is 2.62 bits per heavy atom. The summed E-state index contributed by atoms with van der Waals surface area (Å²) in [6.07, 6.45) is 10.8. The monoisotopic (exact) mass is 287 g/mol. The number of hydrogen-bond donors (Lipinski definition) is 1. The van der Waals surface area contributed by atoms with Crippen LogP contribution in [0.5, 0.6) is 5.75 Å². The van der Waals surface area contributed by atoms with Gasteiger partial charge in [-0.2, -0.15) is 0 Å².